The van der Waals surface area contributed by atoms with Crippen LogP contribution in [0.25, 0.3) is 0 Å². The number of carbonyl (C=O) groups is 1. The Morgan fingerprint density at radius 3 is 1.92 bits per heavy atom. The van der Waals surface area contributed by atoms with Crippen LogP contribution in [-0.4, -0.2) is 15.8 Å². The van der Waals surface area contributed by atoms with E-state index in [-0.39, 0.29) is 5.56 Å². The average molecular weight is 350 g/mol. The maximum Gasteiger partial charge on any atom is 0.295 e. The lowest BCUT2D eigenvalue weighted by Gasteiger charge is -2.11. The van der Waals surface area contributed by atoms with Crippen molar-refractivity contribution >= 4 is 34.6 Å². The molecule has 0 aliphatic rings. The molecule has 0 saturated heterocycles. The van der Waals surface area contributed by atoms with Gasteiger partial charge in [-0.25, -0.2) is 0 Å². The molecule has 8 nitrogen and oxygen atoms in total. The summed E-state index contributed by atoms with van der Waals surface area (Å²) in [6.07, 6.45) is 0. The number of halogens is 1. The smallest absolute Gasteiger partial charge is 0.295 e. The van der Waals surface area contributed by atoms with Gasteiger partial charge in [-0.3, -0.25) is 25.0 Å². The maximum atomic E-state index is 12.4. The Hall–Kier alpha value is -3.00. The second-order valence-electron chi connectivity index (χ2n) is 5.06. The van der Waals surface area contributed by atoms with Gasteiger partial charge in [0, 0.05) is 17.8 Å². The fourth-order valence-corrected chi connectivity index (χ4v) is 2.44. The zero-order chi connectivity index (χ0) is 18.0. The number of nitro benzene ring substituents is 2. The van der Waals surface area contributed by atoms with Crippen molar-refractivity contribution in [1.29, 1.82) is 0 Å². The molecule has 9 heteroatoms. The molecule has 0 atom stereocenters. The van der Waals surface area contributed by atoms with Crippen LogP contribution in [0.3, 0.4) is 0 Å². The summed E-state index contributed by atoms with van der Waals surface area (Å²) in [4.78, 5) is 32.6. The molecule has 0 aliphatic heterocycles. The molecule has 124 valence electrons. The van der Waals surface area contributed by atoms with Crippen molar-refractivity contribution in [2.75, 3.05) is 5.32 Å². The molecule has 1 amide bonds. The molecule has 2 aromatic rings. The fraction of sp³-hybridized carbons (Fsp3) is 0.133. The summed E-state index contributed by atoms with van der Waals surface area (Å²) in [5, 5.41) is 24.0. The second-order valence-corrected chi connectivity index (χ2v) is 5.44. The molecule has 0 radical (unpaired) electrons. The van der Waals surface area contributed by atoms with Gasteiger partial charge >= 0.3 is 0 Å². The molecule has 24 heavy (non-hydrogen) atoms. The Morgan fingerprint density at radius 1 is 1.04 bits per heavy atom. The Kier molecular flexibility index (Phi) is 4.79. The normalized spacial score (nSPS) is 10.3. The van der Waals surface area contributed by atoms with E-state index < -0.39 is 32.2 Å². The second kappa shape index (κ2) is 6.63. The minimum atomic E-state index is -0.870. The number of aryl methyl sites for hydroxylation is 2. The summed E-state index contributed by atoms with van der Waals surface area (Å²) < 4.78 is 0. The molecule has 1 N–H and O–H groups in total. The van der Waals surface area contributed by atoms with Crippen LogP contribution < -0.4 is 5.32 Å². The number of carbonyl (C=O) groups excluding carboxylic acids is 1. The van der Waals surface area contributed by atoms with Gasteiger partial charge in [-0.2, -0.15) is 0 Å². The first-order valence-corrected chi connectivity index (χ1v) is 7.10. The monoisotopic (exact) mass is 349 g/mol. The first-order chi connectivity index (χ1) is 11.2. The number of rotatable bonds is 4. The quantitative estimate of drug-likeness (QED) is 0.660. The highest BCUT2D eigenvalue weighted by Gasteiger charge is 2.27. The van der Waals surface area contributed by atoms with Crippen LogP contribution in [0.5, 0.6) is 0 Å². The van der Waals surface area contributed by atoms with Gasteiger partial charge in [0.1, 0.15) is 0 Å². The van der Waals surface area contributed by atoms with Crippen molar-refractivity contribution in [1.82, 2.24) is 0 Å². The molecule has 0 bridgehead atoms. The van der Waals surface area contributed by atoms with E-state index in [2.05, 4.69) is 5.32 Å². The first-order valence-electron chi connectivity index (χ1n) is 6.72. The molecule has 2 rings (SSSR count). The predicted molar refractivity (Wildman–Crippen MR) is 88.6 cm³/mol. The molecule has 0 aliphatic carbocycles. The number of nitro groups is 2. The standard InChI is InChI=1S/C15H12ClN3O5/c1-8-4-3-5-9(2)14(8)17-15(20)10-6-11(18(21)22)13(16)12(7-10)19(23)24/h3-7H,1-2H3,(H,17,20). The number of hydrogen-bond acceptors (Lipinski definition) is 5. The molecule has 0 fully saturated rings. The lowest BCUT2D eigenvalue weighted by molar-refractivity contribution is -0.393. The summed E-state index contributed by atoms with van der Waals surface area (Å²) in [5.41, 5.74) is 0.515. The third-order valence-electron chi connectivity index (χ3n) is 3.41. The average Bonchev–Trinajstić information content (AvgIpc) is 2.50. The minimum absolute atomic E-state index is 0.222. The van der Waals surface area contributed by atoms with Gasteiger partial charge in [0.15, 0.2) is 5.02 Å². The molecule has 0 saturated carbocycles. The van der Waals surface area contributed by atoms with E-state index in [1.807, 2.05) is 6.07 Å². The summed E-state index contributed by atoms with van der Waals surface area (Å²) in [6, 6.07) is 7.22. The molecule has 0 aromatic heterocycles. The van der Waals surface area contributed by atoms with Crippen LogP contribution in [0.1, 0.15) is 21.5 Å². The topological polar surface area (TPSA) is 115 Å². The van der Waals surface area contributed by atoms with E-state index in [1.165, 1.54) is 0 Å². The number of amides is 1. The lowest BCUT2D eigenvalue weighted by Crippen LogP contribution is -2.14. The fourth-order valence-electron chi connectivity index (χ4n) is 2.19. The van der Waals surface area contributed by atoms with Crippen molar-refractivity contribution in [2.45, 2.75) is 13.8 Å². The number of hydrogen-bond donors (Lipinski definition) is 1. The van der Waals surface area contributed by atoms with Gasteiger partial charge < -0.3 is 5.32 Å². The Balaban J connectivity index is 2.50. The van der Waals surface area contributed by atoms with E-state index in [9.17, 15) is 25.0 Å². The van der Waals surface area contributed by atoms with Crippen molar-refractivity contribution < 1.29 is 14.6 Å². The lowest BCUT2D eigenvalue weighted by atomic mass is 10.1. The van der Waals surface area contributed by atoms with Crippen molar-refractivity contribution in [3.63, 3.8) is 0 Å². The van der Waals surface area contributed by atoms with E-state index in [0.29, 0.717) is 5.69 Å². The molecular formula is C15H12ClN3O5. The van der Waals surface area contributed by atoms with E-state index in [4.69, 9.17) is 11.6 Å². The van der Waals surface area contributed by atoms with E-state index >= 15 is 0 Å². The highest BCUT2D eigenvalue weighted by Crippen LogP contribution is 2.35. The van der Waals surface area contributed by atoms with Crippen LogP contribution in [0.4, 0.5) is 17.1 Å². The van der Waals surface area contributed by atoms with Gasteiger partial charge in [-0.15, -0.1) is 0 Å². The van der Waals surface area contributed by atoms with Gasteiger partial charge in [0.25, 0.3) is 17.3 Å². The number of nitrogens with one attached hydrogen (secondary N) is 1. The highest BCUT2D eigenvalue weighted by atomic mass is 35.5. The molecular weight excluding hydrogens is 338 g/mol. The summed E-state index contributed by atoms with van der Waals surface area (Å²) in [7, 11) is 0. The summed E-state index contributed by atoms with van der Waals surface area (Å²) in [5.74, 6) is -0.699. The summed E-state index contributed by atoms with van der Waals surface area (Å²) >= 11 is 5.67. The van der Waals surface area contributed by atoms with Crippen LogP contribution >= 0.6 is 11.6 Å². The summed E-state index contributed by atoms with van der Waals surface area (Å²) in [6.45, 7) is 3.57. The van der Waals surface area contributed by atoms with Crippen LogP contribution in [0.15, 0.2) is 30.3 Å². The minimum Gasteiger partial charge on any atom is -0.321 e. The van der Waals surface area contributed by atoms with Crippen LogP contribution in [0, 0.1) is 34.1 Å². The number of para-hydroxylation sites is 1. The third-order valence-corrected chi connectivity index (χ3v) is 3.80. The SMILES string of the molecule is Cc1cccc(C)c1NC(=O)c1cc([N+](=O)[O-])c(Cl)c([N+](=O)[O-])c1. The number of nitrogens with zero attached hydrogens (tertiary/aromatic N) is 2. The number of anilines is 1. The maximum absolute atomic E-state index is 12.4. The van der Waals surface area contributed by atoms with Gasteiger partial charge in [-0.05, 0) is 25.0 Å². The largest absolute Gasteiger partial charge is 0.321 e. The van der Waals surface area contributed by atoms with Gasteiger partial charge in [-0.1, -0.05) is 29.8 Å². The van der Waals surface area contributed by atoms with Crippen LogP contribution in [-0.2, 0) is 0 Å². The van der Waals surface area contributed by atoms with E-state index in [0.717, 1.165) is 23.3 Å². The highest BCUT2D eigenvalue weighted by molar-refractivity contribution is 6.35. The Bertz CT molecular complexity index is 811. The molecule has 0 heterocycles. The van der Waals surface area contributed by atoms with Crippen molar-refractivity contribution in [3.8, 4) is 0 Å². The third kappa shape index (κ3) is 3.33. The molecule has 2 aromatic carbocycles. The Morgan fingerprint density at radius 2 is 1.50 bits per heavy atom. The molecule has 0 unspecified atom stereocenters. The first kappa shape index (κ1) is 17.4. The number of benzene rings is 2. The molecule has 0 spiro atoms. The van der Waals surface area contributed by atoms with Gasteiger partial charge in [0.05, 0.1) is 15.4 Å². The van der Waals surface area contributed by atoms with Crippen molar-refractivity contribution in [3.05, 3.63) is 72.3 Å². The zero-order valence-electron chi connectivity index (χ0n) is 12.7. The van der Waals surface area contributed by atoms with Crippen LogP contribution in [0.2, 0.25) is 5.02 Å². The van der Waals surface area contributed by atoms with E-state index in [1.54, 1.807) is 26.0 Å². The van der Waals surface area contributed by atoms with Crippen molar-refractivity contribution in [2.24, 2.45) is 0 Å². The Labute approximate surface area is 141 Å². The van der Waals surface area contributed by atoms with Gasteiger partial charge in [0.2, 0.25) is 0 Å². The predicted octanol–water partition coefficient (Wildman–Crippen LogP) is 4.03. The zero-order valence-corrected chi connectivity index (χ0v) is 13.5.